The molecule has 0 saturated carbocycles. The van der Waals surface area contributed by atoms with E-state index in [-0.39, 0.29) is 5.41 Å². The highest BCUT2D eigenvalue weighted by atomic mass is 32.1. The van der Waals surface area contributed by atoms with Gasteiger partial charge in [0, 0.05) is 15.2 Å². The number of fused-ring (bicyclic) bond motifs is 3. The van der Waals surface area contributed by atoms with E-state index in [9.17, 15) is 0 Å². The highest BCUT2D eigenvalue weighted by Crippen LogP contribution is 2.54. The molecule has 5 rings (SSSR count). The molecule has 0 amide bonds. The summed E-state index contributed by atoms with van der Waals surface area (Å²) in [5.41, 5.74) is 6.48. The minimum atomic E-state index is 0.253. The maximum Gasteiger partial charge on any atom is 0.0442 e. The van der Waals surface area contributed by atoms with E-state index in [2.05, 4.69) is 97.4 Å². The van der Waals surface area contributed by atoms with Crippen LogP contribution in [0.2, 0.25) is 0 Å². The van der Waals surface area contributed by atoms with Gasteiger partial charge in [-0.25, -0.2) is 0 Å². The predicted octanol–water partition coefficient (Wildman–Crippen LogP) is 12.9. The van der Waals surface area contributed by atoms with Crippen molar-refractivity contribution in [1.29, 1.82) is 0 Å². The van der Waals surface area contributed by atoms with Crippen molar-refractivity contribution >= 4 is 22.7 Å². The van der Waals surface area contributed by atoms with Crippen LogP contribution in [0.4, 0.5) is 0 Å². The normalized spacial score (nSPS) is 13.0. The molecule has 208 valence electrons. The minimum Gasteiger partial charge on any atom is -0.143 e. The Bertz CT molecular complexity index is 1090. The van der Waals surface area contributed by atoms with Crippen LogP contribution in [0.15, 0.2) is 83.6 Å². The van der Waals surface area contributed by atoms with Gasteiger partial charge >= 0.3 is 0 Å². The van der Waals surface area contributed by atoms with Crippen LogP contribution in [0.5, 0.6) is 0 Å². The van der Waals surface area contributed by atoms with Gasteiger partial charge < -0.3 is 0 Å². The minimum absolute atomic E-state index is 0.253. The first kappa shape index (κ1) is 29.8. The maximum atomic E-state index is 2.43. The maximum absolute atomic E-state index is 2.43. The van der Waals surface area contributed by atoms with Crippen molar-refractivity contribution in [2.45, 2.75) is 109 Å². The Morgan fingerprint density at radius 3 is 1.28 bits per heavy atom. The lowest BCUT2D eigenvalue weighted by Gasteiger charge is -2.33. The number of hydrogen-bond donors (Lipinski definition) is 0. The van der Waals surface area contributed by atoms with Crippen LogP contribution in [0.25, 0.3) is 20.9 Å². The molecule has 0 bridgehead atoms. The van der Waals surface area contributed by atoms with Gasteiger partial charge in [0.05, 0.1) is 0 Å². The summed E-state index contributed by atoms with van der Waals surface area (Å²) in [5, 5.41) is 4.21. The zero-order valence-electron chi connectivity index (χ0n) is 24.3. The standard InChI is InChI=1S/C29H42.C8H6S2/c1-3-5-7-9-11-17-23-29(24-18-12-10-8-6-4-2)27-21-15-13-19-25(27)26-20-14-16-22-28(26)29;1-3-7(9-5-1)8-4-2-6-10-8/h13-16,19-22H,3-12,17-18,23-24H2,1-2H3;1-6H. The fraction of sp³-hybridized carbons (Fsp3) is 0.459. The van der Waals surface area contributed by atoms with E-state index < -0.39 is 0 Å². The van der Waals surface area contributed by atoms with Crippen molar-refractivity contribution in [2.24, 2.45) is 0 Å². The molecule has 2 heterocycles. The van der Waals surface area contributed by atoms with E-state index in [4.69, 9.17) is 0 Å². The first-order valence-corrected chi connectivity index (χ1v) is 17.3. The molecule has 2 aromatic heterocycles. The third-order valence-corrected chi connectivity index (χ3v) is 10.3. The summed E-state index contributed by atoms with van der Waals surface area (Å²) in [6.07, 6.45) is 19.3. The van der Waals surface area contributed by atoms with E-state index in [1.165, 1.54) is 111 Å². The van der Waals surface area contributed by atoms with Gasteiger partial charge in [0.25, 0.3) is 0 Å². The summed E-state index contributed by atoms with van der Waals surface area (Å²) in [5.74, 6) is 0. The molecule has 0 unspecified atom stereocenters. The molecule has 1 aliphatic carbocycles. The van der Waals surface area contributed by atoms with Crippen LogP contribution in [-0.4, -0.2) is 0 Å². The number of hydrogen-bond acceptors (Lipinski definition) is 2. The van der Waals surface area contributed by atoms with Gasteiger partial charge in [0.1, 0.15) is 0 Å². The number of thiophene rings is 2. The van der Waals surface area contributed by atoms with Gasteiger partial charge in [0.2, 0.25) is 0 Å². The summed E-state index contributed by atoms with van der Waals surface area (Å²) in [7, 11) is 0. The van der Waals surface area contributed by atoms with Gasteiger partial charge in [-0.2, -0.15) is 0 Å². The largest absolute Gasteiger partial charge is 0.143 e. The number of rotatable bonds is 15. The van der Waals surface area contributed by atoms with E-state index >= 15 is 0 Å². The molecule has 0 atom stereocenters. The molecule has 4 aromatic rings. The summed E-state index contributed by atoms with van der Waals surface area (Å²) in [4.78, 5) is 2.74. The van der Waals surface area contributed by atoms with Crippen molar-refractivity contribution in [2.75, 3.05) is 0 Å². The highest BCUT2D eigenvalue weighted by molar-refractivity contribution is 7.20. The predicted molar refractivity (Wildman–Crippen MR) is 176 cm³/mol. The van der Waals surface area contributed by atoms with Crippen LogP contribution < -0.4 is 0 Å². The second kappa shape index (κ2) is 16.2. The lowest BCUT2D eigenvalue weighted by molar-refractivity contribution is 0.398. The van der Waals surface area contributed by atoms with Crippen molar-refractivity contribution in [3.05, 3.63) is 94.7 Å². The fourth-order valence-corrected chi connectivity index (χ4v) is 7.91. The van der Waals surface area contributed by atoms with E-state index in [0.717, 1.165) is 0 Å². The average molecular weight is 557 g/mol. The topological polar surface area (TPSA) is 0 Å². The van der Waals surface area contributed by atoms with E-state index in [1.54, 1.807) is 33.8 Å². The van der Waals surface area contributed by atoms with E-state index in [1.807, 2.05) is 0 Å². The molecule has 0 N–H and O–H groups in total. The Balaban J connectivity index is 0.000000292. The van der Waals surface area contributed by atoms with Gasteiger partial charge in [-0.1, -0.05) is 152 Å². The summed E-state index contributed by atoms with van der Waals surface area (Å²) in [6, 6.07) is 27.0. The lowest BCUT2D eigenvalue weighted by atomic mass is 9.70. The molecular formula is C37H48S2. The smallest absolute Gasteiger partial charge is 0.0442 e. The first-order valence-electron chi connectivity index (χ1n) is 15.6. The molecule has 0 nitrogen and oxygen atoms in total. The van der Waals surface area contributed by atoms with Crippen LogP contribution in [-0.2, 0) is 5.41 Å². The Kier molecular flexibility index (Phi) is 12.4. The lowest BCUT2D eigenvalue weighted by Crippen LogP contribution is -2.25. The Hall–Kier alpha value is -2.16. The molecule has 39 heavy (non-hydrogen) atoms. The second-order valence-electron chi connectivity index (χ2n) is 11.2. The van der Waals surface area contributed by atoms with Crippen molar-refractivity contribution < 1.29 is 0 Å². The summed E-state index contributed by atoms with van der Waals surface area (Å²) >= 11 is 3.58. The zero-order valence-corrected chi connectivity index (χ0v) is 25.9. The van der Waals surface area contributed by atoms with Crippen LogP contribution >= 0.6 is 22.7 Å². The molecule has 1 aliphatic rings. The Morgan fingerprint density at radius 1 is 0.462 bits per heavy atom. The SMILES string of the molecule is CCCCCCCCC1(CCCCCCCC)c2ccccc2-c2ccccc21.c1csc(-c2cccs2)c1. The Morgan fingerprint density at radius 2 is 0.872 bits per heavy atom. The molecule has 2 aromatic carbocycles. The average Bonchev–Trinajstić information content (AvgIpc) is 3.75. The molecule has 0 radical (unpaired) electrons. The van der Waals surface area contributed by atoms with Crippen LogP contribution in [0.3, 0.4) is 0 Å². The first-order chi connectivity index (χ1) is 19.3. The number of benzene rings is 2. The molecule has 2 heteroatoms. The molecular weight excluding hydrogens is 509 g/mol. The van der Waals surface area contributed by atoms with Crippen LogP contribution in [0.1, 0.15) is 115 Å². The zero-order chi connectivity index (χ0) is 27.2. The van der Waals surface area contributed by atoms with Gasteiger partial charge in [-0.05, 0) is 58.0 Å². The van der Waals surface area contributed by atoms with Gasteiger partial charge in [0.15, 0.2) is 0 Å². The van der Waals surface area contributed by atoms with E-state index in [0.29, 0.717) is 0 Å². The fourth-order valence-electron chi connectivity index (χ4n) is 6.33. The van der Waals surface area contributed by atoms with Crippen molar-refractivity contribution in [3.8, 4) is 20.9 Å². The third kappa shape index (κ3) is 7.95. The Labute approximate surface area is 246 Å². The van der Waals surface area contributed by atoms with Crippen molar-refractivity contribution in [3.63, 3.8) is 0 Å². The molecule has 0 saturated heterocycles. The quantitative estimate of drug-likeness (QED) is 0.128. The third-order valence-electron chi connectivity index (χ3n) is 8.37. The van der Waals surface area contributed by atoms with Gasteiger partial charge in [-0.3, -0.25) is 0 Å². The molecule has 0 spiro atoms. The number of unbranched alkanes of at least 4 members (excludes halogenated alkanes) is 10. The highest BCUT2D eigenvalue weighted by Gasteiger charge is 2.41. The van der Waals surface area contributed by atoms with Crippen LogP contribution in [0, 0.1) is 0 Å². The second-order valence-corrected chi connectivity index (χ2v) is 13.1. The molecule has 0 fully saturated rings. The van der Waals surface area contributed by atoms with Crippen molar-refractivity contribution in [1.82, 2.24) is 0 Å². The summed E-state index contributed by atoms with van der Waals surface area (Å²) < 4.78 is 0. The monoisotopic (exact) mass is 556 g/mol. The molecule has 0 aliphatic heterocycles. The summed E-state index contributed by atoms with van der Waals surface area (Å²) in [6.45, 7) is 4.61. The van der Waals surface area contributed by atoms with Gasteiger partial charge in [-0.15, -0.1) is 22.7 Å².